The molecule has 0 unspecified atom stereocenters. The first kappa shape index (κ1) is 17.3. The number of benzene rings is 1. The molecule has 0 atom stereocenters. The highest BCUT2D eigenvalue weighted by Crippen LogP contribution is 2.14. The van der Waals surface area contributed by atoms with Gasteiger partial charge in [0.1, 0.15) is 12.1 Å². The van der Waals surface area contributed by atoms with E-state index in [1.807, 2.05) is 12.1 Å². The van der Waals surface area contributed by atoms with Crippen LogP contribution in [0.3, 0.4) is 0 Å². The van der Waals surface area contributed by atoms with E-state index in [9.17, 15) is 0 Å². The highest BCUT2D eigenvalue weighted by molar-refractivity contribution is 5.47. The number of nitrogens with zero attached hydrogens (tertiary/aromatic N) is 2. The largest absolute Gasteiger partial charge is 0.192 e. The van der Waals surface area contributed by atoms with Gasteiger partial charge < -0.3 is 0 Å². The molecule has 1 aromatic rings. The monoisotopic (exact) mass is 282 g/mol. The minimum atomic E-state index is 0.480. The normalized spacial score (nSPS) is 10.0. The fraction of sp³-hybridized carbons (Fsp3) is 0.579. The third kappa shape index (κ3) is 6.96. The van der Waals surface area contributed by atoms with Crippen LogP contribution in [0.5, 0.6) is 0 Å². The van der Waals surface area contributed by atoms with E-state index in [1.165, 1.54) is 63.4 Å². The van der Waals surface area contributed by atoms with Crippen LogP contribution in [0.4, 0.5) is 0 Å². The van der Waals surface area contributed by atoms with E-state index >= 15 is 0 Å². The van der Waals surface area contributed by atoms with Gasteiger partial charge in [0, 0.05) is 0 Å². The van der Waals surface area contributed by atoms with Crippen LogP contribution in [0, 0.1) is 22.7 Å². The van der Waals surface area contributed by atoms with Crippen LogP contribution >= 0.6 is 0 Å². The number of nitriles is 2. The summed E-state index contributed by atoms with van der Waals surface area (Å²) in [5.41, 5.74) is 2.16. The Balaban J connectivity index is 2.16. The second kappa shape index (κ2) is 10.9. The Morgan fingerprint density at radius 1 is 0.762 bits per heavy atom. The maximum atomic E-state index is 9.00. The summed E-state index contributed by atoms with van der Waals surface area (Å²) in [4.78, 5) is 0. The van der Waals surface area contributed by atoms with Crippen molar-refractivity contribution in [3.8, 4) is 12.1 Å². The topological polar surface area (TPSA) is 47.6 Å². The number of hydrogen-bond donors (Lipinski definition) is 0. The van der Waals surface area contributed by atoms with Gasteiger partial charge in [0.25, 0.3) is 0 Å². The highest BCUT2D eigenvalue weighted by Gasteiger charge is 2.02. The molecule has 0 heterocycles. The van der Waals surface area contributed by atoms with E-state index in [0.717, 1.165) is 6.42 Å². The standard InChI is InChI=1S/C19H26N2/c1-2-3-4-5-6-7-8-9-10-11-17-12-13-18(15-20)19(14-17)16-21/h12-14H,2-11H2,1H3. The zero-order valence-electron chi connectivity index (χ0n) is 13.2. The van der Waals surface area contributed by atoms with E-state index < -0.39 is 0 Å². The third-order valence-corrected chi connectivity index (χ3v) is 3.89. The predicted molar refractivity (Wildman–Crippen MR) is 86.8 cm³/mol. The smallest absolute Gasteiger partial charge is 0.101 e. The second-order valence-electron chi connectivity index (χ2n) is 5.68. The molecule has 1 aromatic carbocycles. The summed E-state index contributed by atoms with van der Waals surface area (Å²) in [6.45, 7) is 2.25. The average Bonchev–Trinajstić information content (AvgIpc) is 2.53. The third-order valence-electron chi connectivity index (χ3n) is 3.89. The van der Waals surface area contributed by atoms with Crippen molar-refractivity contribution in [2.45, 2.75) is 71.1 Å². The number of aryl methyl sites for hydroxylation is 1. The van der Waals surface area contributed by atoms with Crippen molar-refractivity contribution in [1.29, 1.82) is 10.5 Å². The molecule has 0 saturated carbocycles. The first-order valence-electron chi connectivity index (χ1n) is 8.25. The van der Waals surface area contributed by atoms with Crippen molar-refractivity contribution in [3.05, 3.63) is 34.9 Å². The average molecular weight is 282 g/mol. The van der Waals surface area contributed by atoms with Crippen LogP contribution in [0.15, 0.2) is 18.2 Å². The molecule has 0 saturated heterocycles. The Morgan fingerprint density at radius 3 is 1.90 bits per heavy atom. The quantitative estimate of drug-likeness (QED) is 0.532. The molecule has 1 rings (SSSR count). The molecule has 0 radical (unpaired) electrons. The van der Waals surface area contributed by atoms with Gasteiger partial charge >= 0.3 is 0 Å². The van der Waals surface area contributed by atoms with Crippen LogP contribution in [0.2, 0.25) is 0 Å². The molecule has 2 heteroatoms. The van der Waals surface area contributed by atoms with Gasteiger partial charge in [-0.1, -0.05) is 64.4 Å². The van der Waals surface area contributed by atoms with Gasteiger partial charge in [0.05, 0.1) is 11.1 Å². The minimum absolute atomic E-state index is 0.480. The molecule has 21 heavy (non-hydrogen) atoms. The molecular weight excluding hydrogens is 256 g/mol. The summed E-state index contributed by atoms with van der Waals surface area (Å²) in [5, 5.41) is 17.9. The summed E-state index contributed by atoms with van der Waals surface area (Å²) < 4.78 is 0. The van der Waals surface area contributed by atoms with E-state index in [2.05, 4.69) is 19.1 Å². The lowest BCUT2D eigenvalue weighted by Crippen LogP contribution is -1.90. The minimum Gasteiger partial charge on any atom is -0.192 e. The Labute approximate surface area is 129 Å². The van der Waals surface area contributed by atoms with Crippen LogP contribution in [0.25, 0.3) is 0 Å². The molecular formula is C19H26N2. The van der Waals surface area contributed by atoms with E-state index in [0.29, 0.717) is 11.1 Å². The van der Waals surface area contributed by atoms with Crippen molar-refractivity contribution in [2.24, 2.45) is 0 Å². The van der Waals surface area contributed by atoms with Crippen molar-refractivity contribution < 1.29 is 0 Å². The first-order valence-corrected chi connectivity index (χ1v) is 8.25. The first-order chi connectivity index (χ1) is 10.3. The van der Waals surface area contributed by atoms with Crippen molar-refractivity contribution in [3.63, 3.8) is 0 Å². The van der Waals surface area contributed by atoms with Gasteiger partial charge in [-0.05, 0) is 30.5 Å². The molecule has 112 valence electrons. The molecule has 0 aliphatic rings. The van der Waals surface area contributed by atoms with Crippen LogP contribution < -0.4 is 0 Å². The molecule has 0 amide bonds. The molecule has 0 fully saturated rings. The van der Waals surface area contributed by atoms with Gasteiger partial charge in [-0.25, -0.2) is 0 Å². The van der Waals surface area contributed by atoms with Crippen LogP contribution in [-0.4, -0.2) is 0 Å². The molecule has 0 aliphatic heterocycles. The Morgan fingerprint density at radius 2 is 1.33 bits per heavy atom. The Hall–Kier alpha value is -1.80. The van der Waals surface area contributed by atoms with Crippen molar-refractivity contribution >= 4 is 0 Å². The van der Waals surface area contributed by atoms with Crippen molar-refractivity contribution in [1.82, 2.24) is 0 Å². The Kier molecular flexibility index (Phi) is 8.98. The van der Waals surface area contributed by atoms with Crippen LogP contribution in [0.1, 0.15) is 81.4 Å². The Bertz CT molecular complexity index is 491. The molecule has 0 aromatic heterocycles. The number of hydrogen-bond acceptors (Lipinski definition) is 2. The second-order valence-corrected chi connectivity index (χ2v) is 5.68. The zero-order chi connectivity index (χ0) is 15.3. The van der Waals surface area contributed by atoms with E-state index in [4.69, 9.17) is 10.5 Å². The molecule has 0 bridgehead atoms. The summed E-state index contributed by atoms with van der Waals surface area (Å²) in [6, 6.07) is 9.76. The summed E-state index contributed by atoms with van der Waals surface area (Å²) in [6.07, 6.45) is 12.9. The zero-order valence-corrected chi connectivity index (χ0v) is 13.2. The number of rotatable bonds is 10. The van der Waals surface area contributed by atoms with Gasteiger partial charge in [-0.3, -0.25) is 0 Å². The van der Waals surface area contributed by atoms with Gasteiger partial charge in [0.15, 0.2) is 0 Å². The fourth-order valence-electron chi connectivity index (χ4n) is 2.58. The van der Waals surface area contributed by atoms with Gasteiger partial charge in [-0.2, -0.15) is 10.5 Å². The lowest BCUT2D eigenvalue weighted by Gasteiger charge is -2.04. The number of unbranched alkanes of at least 4 members (excludes halogenated alkanes) is 8. The predicted octanol–water partition coefficient (Wildman–Crippen LogP) is 5.50. The maximum Gasteiger partial charge on any atom is 0.101 e. The summed E-state index contributed by atoms with van der Waals surface area (Å²) >= 11 is 0. The van der Waals surface area contributed by atoms with Gasteiger partial charge in [-0.15, -0.1) is 0 Å². The van der Waals surface area contributed by atoms with Crippen LogP contribution in [-0.2, 0) is 6.42 Å². The highest BCUT2D eigenvalue weighted by atomic mass is 14.3. The fourth-order valence-corrected chi connectivity index (χ4v) is 2.58. The molecule has 0 N–H and O–H groups in total. The van der Waals surface area contributed by atoms with E-state index in [1.54, 1.807) is 6.07 Å². The lowest BCUT2D eigenvalue weighted by atomic mass is 10.0. The van der Waals surface area contributed by atoms with E-state index in [-0.39, 0.29) is 0 Å². The van der Waals surface area contributed by atoms with Crippen molar-refractivity contribution in [2.75, 3.05) is 0 Å². The maximum absolute atomic E-state index is 9.00. The SMILES string of the molecule is CCCCCCCCCCCc1ccc(C#N)c(C#N)c1. The van der Waals surface area contributed by atoms with Gasteiger partial charge in [0.2, 0.25) is 0 Å². The molecule has 0 spiro atoms. The summed E-state index contributed by atoms with van der Waals surface area (Å²) in [7, 11) is 0. The molecule has 0 aliphatic carbocycles. The molecule has 2 nitrogen and oxygen atoms in total. The summed E-state index contributed by atoms with van der Waals surface area (Å²) in [5.74, 6) is 0. The lowest BCUT2D eigenvalue weighted by molar-refractivity contribution is 0.565.